The SMILES string of the molecule is C[C@H]1C[C@@H](c2nc(-c3cccc(Br)c3)no2)CCN1.Cl. The number of nitrogens with one attached hydrogen (secondary N) is 1. The van der Waals surface area contributed by atoms with Gasteiger partial charge in [-0.15, -0.1) is 12.4 Å². The molecule has 0 bridgehead atoms. The van der Waals surface area contributed by atoms with Crippen LogP contribution in [0.3, 0.4) is 0 Å². The maximum atomic E-state index is 5.44. The molecule has 0 unspecified atom stereocenters. The Morgan fingerprint density at radius 1 is 1.40 bits per heavy atom. The molecular weight excluding hydrogens is 342 g/mol. The van der Waals surface area contributed by atoms with E-state index in [2.05, 4.69) is 38.3 Å². The van der Waals surface area contributed by atoms with E-state index in [1.807, 2.05) is 24.3 Å². The third-order valence-corrected chi connectivity index (χ3v) is 3.99. The predicted molar refractivity (Wildman–Crippen MR) is 84.1 cm³/mol. The van der Waals surface area contributed by atoms with E-state index in [0.29, 0.717) is 17.8 Å². The average Bonchev–Trinajstić information content (AvgIpc) is 2.88. The van der Waals surface area contributed by atoms with Crippen LogP contribution >= 0.6 is 28.3 Å². The van der Waals surface area contributed by atoms with E-state index in [9.17, 15) is 0 Å². The van der Waals surface area contributed by atoms with Crippen LogP contribution in [0.25, 0.3) is 11.4 Å². The summed E-state index contributed by atoms with van der Waals surface area (Å²) >= 11 is 3.46. The second-order valence-electron chi connectivity index (χ2n) is 5.04. The molecule has 1 N–H and O–H groups in total. The molecule has 1 saturated heterocycles. The molecule has 2 heterocycles. The van der Waals surface area contributed by atoms with E-state index >= 15 is 0 Å². The number of rotatable bonds is 2. The van der Waals surface area contributed by atoms with E-state index in [0.717, 1.165) is 35.3 Å². The zero-order valence-corrected chi connectivity index (χ0v) is 13.6. The fourth-order valence-corrected chi connectivity index (χ4v) is 2.90. The summed E-state index contributed by atoms with van der Waals surface area (Å²) in [7, 11) is 0. The van der Waals surface area contributed by atoms with E-state index in [-0.39, 0.29) is 12.4 Å². The lowest BCUT2D eigenvalue weighted by Gasteiger charge is -2.25. The summed E-state index contributed by atoms with van der Waals surface area (Å²) in [5, 5.41) is 7.53. The zero-order valence-electron chi connectivity index (χ0n) is 11.2. The third kappa shape index (κ3) is 3.40. The van der Waals surface area contributed by atoms with Gasteiger partial charge in [-0.25, -0.2) is 0 Å². The van der Waals surface area contributed by atoms with Crippen molar-refractivity contribution in [3.8, 4) is 11.4 Å². The summed E-state index contributed by atoms with van der Waals surface area (Å²) in [6, 6.07) is 8.46. The minimum absolute atomic E-state index is 0. The maximum Gasteiger partial charge on any atom is 0.230 e. The summed E-state index contributed by atoms with van der Waals surface area (Å²) < 4.78 is 6.46. The molecule has 1 aromatic heterocycles. The van der Waals surface area contributed by atoms with Gasteiger partial charge in [-0.2, -0.15) is 4.98 Å². The molecule has 1 aliphatic rings. The molecule has 6 heteroatoms. The van der Waals surface area contributed by atoms with Crippen LogP contribution in [0, 0.1) is 0 Å². The van der Waals surface area contributed by atoms with Crippen LogP contribution in [-0.4, -0.2) is 22.7 Å². The first-order chi connectivity index (χ1) is 9.22. The van der Waals surface area contributed by atoms with E-state index in [1.54, 1.807) is 0 Å². The van der Waals surface area contributed by atoms with E-state index in [4.69, 9.17) is 4.52 Å². The van der Waals surface area contributed by atoms with Crippen molar-refractivity contribution in [3.05, 3.63) is 34.6 Å². The van der Waals surface area contributed by atoms with E-state index < -0.39 is 0 Å². The van der Waals surface area contributed by atoms with Crippen molar-refractivity contribution in [2.75, 3.05) is 6.54 Å². The van der Waals surface area contributed by atoms with Crippen LogP contribution in [0.4, 0.5) is 0 Å². The van der Waals surface area contributed by atoms with Gasteiger partial charge in [0.05, 0.1) is 0 Å². The molecule has 3 rings (SSSR count). The highest BCUT2D eigenvalue weighted by atomic mass is 79.9. The largest absolute Gasteiger partial charge is 0.339 e. The van der Waals surface area contributed by atoms with Gasteiger partial charge in [0.2, 0.25) is 11.7 Å². The van der Waals surface area contributed by atoms with Gasteiger partial charge in [0.15, 0.2) is 0 Å². The Morgan fingerprint density at radius 3 is 3.00 bits per heavy atom. The molecule has 0 aliphatic carbocycles. The monoisotopic (exact) mass is 357 g/mol. The first kappa shape index (κ1) is 15.5. The number of hydrogen-bond donors (Lipinski definition) is 1. The molecule has 0 radical (unpaired) electrons. The van der Waals surface area contributed by atoms with Crippen molar-refractivity contribution in [2.24, 2.45) is 0 Å². The third-order valence-electron chi connectivity index (χ3n) is 3.50. The fraction of sp³-hybridized carbons (Fsp3) is 0.429. The minimum Gasteiger partial charge on any atom is -0.339 e. The molecule has 1 fully saturated rings. The molecule has 4 nitrogen and oxygen atoms in total. The normalized spacial score (nSPS) is 22.3. The molecule has 1 aliphatic heterocycles. The molecule has 1 aromatic carbocycles. The lowest BCUT2D eigenvalue weighted by atomic mass is 9.93. The van der Waals surface area contributed by atoms with Gasteiger partial charge in [-0.05, 0) is 38.4 Å². The van der Waals surface area contributed by atoms with Crippen LogP contribution in [0.2, 0.25) is 0 Å². The van der Waals surface area contributed by atoms with Crippen molar-refractivity contribution >= 4 is 28.3 Å². The highest BCUT2D eigenvalue weighted by Crippen LogP contribution is 2.28. The van der Waals surface area contributed by atoms with Gasteiger partial charge in [0.1, 0.15) is 0 Å². The summed E-state index contributed by atoms with van der Waals surface area (Å²) in [5.41, 5.74) is 0.978. The summed E-state index contributed by atoms with van der Waals surface area (Å²) in [6.45, 7) is 3.21. The number of aromatic nitrogens is 2. The van der Waals surface area contributed by atoms with Crippen molar-refractivity contribution in [1.82, 2.24) is 15.5 Å². The van der Waals surface area contributed by atoms with Gasteiger partial charge in [-0.3, -0.25) is 0 Å². The standard InChI is InChI=1S/C14H16BrN3O.ClH/c1-9-7-11(5-6-16-9)14-17-13(18-19-14)10-3-2-4-12(15)8-10;/h2-4,8-9,11,16H,5-7H2,1H3;1H/t9-,11-;/m0./s1. The Hall–Kier alpha value is -0.910. The fourth-order valence-electron chi connectivity index (χ4n) is 2.50. The average molecular weight is 359 g/mol. The zero-order chi connectivity index (χ0) is 13.2. The first-order valence-corrected chi connectivity index (χ1v) is 7.34. The van der Waals surface area contributed by atoms with Crippen LogP contribution in [0.5, 0.6) is 0 Å². The number of halogens is 2. The Morgan fingerprint density at radius 2 is 2.25 bits per heavy atom. The van der Waals surface area contributed by atoms with Gasteiger partial charge in [-0.1, -0.05) is 33.2 Å². The second-order valence-corrected chi connectivity index (χ2v) is 5.96. The Kier molecular flexibility index (Phi) is 5.18. The predicted octanol–water partition coefficient (Wildman–Crippen LogP) is 3.78. The van der Waals surface area contributed by atoms with Crippen molar-refractivity contribution in [3.63, 3.8) is 0 Å². The molecule has 0 amide bonds. The molecule has 20 heavy (non-hydrogen) atoms. The molecule has 2 aromatic rings. The summed E-state index contributed by atoms with van der Waals surface area (Å²) in [5.74, 6) is 1.82. The number of nitrogens with zero attached hydrogens (tertiary/aromatic N) is 2. The molecule has 108 valence electrons. The first-order valence-electron chi connectivity index (χ1n) is 6.55. The number of hydrogen-bond acceptors (Lipinski definition) is 4. The summed E-state index contributed by atoms with van der Waals surface area (Å²) in [6.07, 6.45) is 2.12. The minimum atomic E-state index is 0. The van der Waals surface area contributed by atoms with Crippen LogP contribution < -0.4 is 5.32 Å². The topological polar surface area (TPSA) is 51.0 Å². The Balaban J connectivity index is 0.00000147. The van der Waals surface area contributed by atoms with Crippen LogP contribution in [0.15, 0.2) is 33.3 Å². The van der Waals surface area contributed by atoms with Crippen molar-refractivity contribution in [1.29, 1.82) is 0 Å². The Labute approximate surface area is 132 Å². The molecule has 2 atom stereocenters. The number of piperidine rings is 1. The highest BCUT2D eigenvalue weighted by molar-refractivity contribution is 9.10. The molecule has 0 spiro atoms. The lowest BCUT2D eigenvalue weighted by molar-refractivity contribution is 0.295. The smallest absolute Gasteiger partial charge is 0.230 e. The van der Waals surface area contributed by atoms with Gasteiger partial charge in [0, 0.05) is 22.0 Å². The second kappa shape index (κ2) is 6.70. The van der Waals surface area contributed by atoms with Crippen LogP contribution in [0.1, 0.15) is 31.6 Å². The number of benzene rings is 1. The van der Waals surface area contributed by atoms with Crippen LogP contribution in [-0.2, 0) is 0 Å². The Bertz CT molecular complexity index is 575. The molecule has 0 saturated carbocycles. The van der Waals surface area contributed by atoms with Gasteiger partial charge in [0.25, 0.3) is 0 Å². The molecular formula is C14H17BrClN3O. The van der Waals surface area contributed by atoms with Crippen molar-refractivity contribution < 1.29 is 4.52 Å². The van der Waals surface area contributed by atoms with Gasteiger partial charge < -0.3 is 9.84 Å². The quantitative estimate of drug-likeness (QED) is 0.887. The van der Waals surface area contributed by atoms with E-state index in [1.165, 1.54) is 0 Å². The summed E-state index contributed by atoms with van der Waals surface area (Å²) in [4.78, 5) is 4.55. The van der Waals surface area contributed by atoms with Crippen molar-refractivity contribution in [2.45, 2.75) is 31.7 Å². The van der Waals surface area contributed by atoms with Gasteiger partial charge >= 0.3 is 0 Å². The lowest BCUT2D eigenvalue weighted by Crippen LogP contribution is -2.34. The highest BCUT2D eigenvalue weighted by Gasteiger charge is 2.25. The maximum absolute atomic E-state index is 5.44.